The SMILES string of the molecule is Cc1ccc(-c2nc3sc(N4CCC[C@@H]4C(=O)NCc4ccccc4)nc3c(=O)[nH]2)s1. The largest absolute Gasteiger partial charge is 0.350 e. The Morgan fingerprint density at radius 2 is 2.03 bits per heavy atom. The molecule has 1 aliphatic rings. The number of nitrogens with zero attached hydrogens (tertiary/aromatic N) is 3. The van der Waals surface area contributed by atoms with Crippen LogP contribution < -0.4 is 15.8 Å². The van der Waals surface area contributed by atoms with E-state index >= 15 is 0 Å². The van der Waals surface area contributed by atoms with Gasteiger partial charge in [0.1, 0.15) is 6.04 Å². The number of nitrogens with one attached hydrogen (secondary N) is 2. The number of carbonyl (C=O) groups is 1. The average Bonchev–Trinajstić information content (AvgIpc) is 3.51. The highest BCUT2D eigenvalue weighted by Gasteiger charge is 2.33. The zero-order chi connectivity index (χ0) is 21.4. The van der Waals surface area contributed by atoms with E-state index < -0.39 is 0 Å². The molecule has 1 saturated heterocycles. The van der Waals surface area contributed by atoms with E-state index in [1.807, 2.05) is 54.3 Å². The number of H-pyrrole nitrogens is 1. The molecule has 2 N–H and O–H groups in total. The Labute approximate surface area is 186 Å². The summed E-state index contributed by atoms with van der Waals surface area (Å²) >= 11 is 2.95. The molecule has 1 fully saturated rings. The highest BCUT2D eigenvalue weighted by atomic mass is 32.1. The molecule has 0 aliphatic carbocycles. The van der Waals surface area contributed by atoms with Gasteiger partial charge >= 0.3 is 0 Å². The summed E-state index contributed by atoms with van der Waals surface area (Å²) in [4.78, 5) is 42.2. The minimum atomic E-state index is -0.289. The van der Waals surface area contributed by atoms with Gasteiger partial charge in [0.15, 0.2) is 21.3 Å². The first-order valence-corrected chi connectivity index (χ1v) is 11.8. The second-order valence-electron chi connectivity index (χ2n) is 7.53. The molecule has 4 aromatic rings. The number of thiazole rings is 1. The predicted molar refractivity (Wildman–Crippen MR) is 125 cm³/mol. The second-order valence-corrected chi connectivity index (χ2v) is 9.77. The number of amides is 1. The molecule has 0 saturated carbocycles. The molecule has 1 amide bonds. The average molecular weight is 452 g/mol. The fourth-order valence-corrected chi connectivity index (χ4v) is 5.62. The molecular formula is C22H21N5O2S2. The van der Waals surface area contributed by atoms with Crippen molar-refractivity contribution in [1.29, 1.82) is 0 Å². The van der Waals surface area contributed by atoms with Gasteiger partial charge in [-0.1, -0.05) is 41.7 Å². The lowest BCUT2D eigenvalue weighted by atomic mass is 10.2. The minimum Gasteiger partial charge on any atom is -0.350 e. The first-order chi connectivity index (χ1) is 15.1. The summed E-state index contributed by atoms with van der Waals surface area (Å²) in [5, 5.41) is 3.70. The van der Waals surface area contributed by atoms with Gasteiger partial charge in [-0.2, -0.15) is 0 Å². The van der Waals surface area contributed by atoms with Crippen molar-refractivity contribution in [1.82, 2.24) is 20.3 Å². The van der Waals surface area contributed by atoms with Crippen LogP contribution in [0.3, 0.4) is 0 Å². The van der Waals surface area contributed by atoms with Crippen molar-refractivity contribution in [2.45, 2.75) is 32.4 Å². The van der Waals surface area contributed by atoms with Crippen molar-refractivity contribution >= 4 is 44.1 Å². The van der Waals surface area contributed by atoms with Crippen LogP contribution in [-0.2, 0) is 11.3 Å². The molecule has 0 bridgehead atoms. The number of hydrogen-bond donors (Lipinski definition) is 2. The third-order valence-electron chi connectivity index (χ3n) is 5.34. The Bertz CT molecular complexity index is 1290. The van der Waals surface area contributed by atoms with Gasteiger partial charge in [0.2, 0.25) is 5.91 Å². The van der Waals surface area contributed by atoms with Crippen molar-refractivity contribution in [2.24, 2.45) is 0 Å². The fraction of sp³-hybridized carbons (Fsp3) is 0.273. The number of thiophene rings is 1. The number of aryl methyl sites for hydroxylation is 1. The number of hydrogen-bond acceptors (Lipinski definition) is 7. The topological polar surface area (TPSA) is 91.0 Å². The number of benzene rings is 1. The van der Waals surface area contributed by atoms with Crippen LogP contribution in [0, 0.1) is 6.92 Å². The Hall–Kier alpha value is -3.04. The van der Waals surface area contributed by atoms with E-state index in [0.29, 0.717) is 27.8 Å². The summed E-state index contributed by atoms with van der Waals surface area (Å²) in [6.07, 6.45) is 1.67. The fourth-order valence-electron chi connectivity index (χ4n) is 3.79. The van der Waals surface area contributed by atoms with Gasteiger partial charge in [0.05, 0.1) is 4.88 Å². The van der Waals surface area contributed by atoms with Gasteiger partial charge in [-0.3, -0.25) is 9.59 Å². The third kappa shape index (κ3) is 3.98. The second kappa shape index (κ2) is 8.24. The summed E-state index contributed by atoms with van der Waals surface area (Å²) < 4.78 is 0. The first kappa shape index (κ1) is 19.9. The van der Waals surface area contributed by atoms with Gasteiger partial charge in [0, 0.05) is 18.0 Å². The lowest BCUT2D eigenvalue weighted by molar-refractivity contribution is -0.122. The molecule has 158 valence electrons. The smallest absolute Gasteiger partial charge is 0.278 e. The summed E-state index contributed by atoms with van der Waals surface area (Å²) in [5.74, 6) is 0.543. The number of rotatable bonds is 5. The standard InChI is InChI=1S/C22H21N5O2S2/c1-13-9-10-16(30-13)18-25-20(29)17-21(26-18)31-22(24-17)27-11-5-8-15(27)19(28)23-12-14-6-3-2-4-7-14/h2-4,6-7,9-10,15H,5,8,11-12H2,1H3,(H,23,28)(H,25,26,29)/t15-/m1/s1. The minimum absolute atomic E-state index is 0.0165. The maximum absolute atomic E-state index is 12.9. The van der Waals surface area contributed by atoms with Gasteiger partial charge in [-0.15, -0.1) is 11.3 Å². The highest BCUT2D eigenvalue weighted by molar-refractivity contribution is 7.21. The van der Waals surface area contributed by atoms with Crippen molar-refractivity contribution < 1.29 is 4.79 Å². The zero-order valence-electron chi connectivity index (χ0n) is 16.9. The van der Waals surface area contributed by atoms with Crippen molar-refractivity contribution in [3.8, 4) is 10.7 Å². The Morgan fingerprint density at radius 3 is 2.81 bits per heavy atom. The monoisotopic (exact) mass is 451 g/mol. The molecule has 0 radical (unpaired) electrons. The van der Waals surface area contributed by atoms with Crippen LogP contribution in [0.2, 0.25) is 0 Å². The molecule has 0 spiro atoms. The Kier molecular flexibility index (Phi) is 5.29. The maximum Gasteiger partial charge on any atom is 0.278 e. The van der Waals surface area contributed by atoms with Gasteiger partial charge in [-0.05, 0) is 37.5 Å². The van der Waals surface area contributed by atoms with Crippen LogP contribution in [0.5, 0.6) is 0 Å². The van der Waals surface area contributed by atoms with Gasteiger partial charge < -0.3 is 15.2 Å². The molecule has 1 aromatic carbocycles. The maximum atomic E-state index is 12.9. The summed E-state index contributed by atoms with van der Waals surface area (Å²) in [6.45, 7) is 3.25. The Morgan fingerprint density at radius 1 is 1.19 bits per heavy atom. The summed E-state index contributed by atoms with van der Waals surface area (Å²) in [7, 11) is 0. The van der Waals surface area contributed by atoms with Crippen molar-refractivity contribution in [2.75, 3.05) is 11.4 Å². The molecule has 1 aliphatic heterocycles. The number of aromatic nitrogens is 3. The van der Waals surface area contributed by atoms with E-state index in [2.05, 4.69) is 20.3 Å². The molecule has 5 rings (SSSR count). The van der Waals surface area contributed by atoms with Crippen LogP contribution in [0.25, 0.3) is 21.0 Å². The quantitative estimate of drug-likeness (QED) is 0.483. The molecule has 4 heterocycles. The highest BCUT2D eigenvalue weighted by Crippen LogP contribution is 2.33. The Balaban J connectivity index is 1.39. The van der Waals surface area contributed by atoms with Crippen molar-refractivity contribution in [3.63, 3.8) is 0 Å². The number of fused-ring (bicyclic) bond motifs is 1. The predicted octanol–water partition coefficient (Wildman–Crippen LogP) is 3.70. The number of aromatic amines is 1. The molecule has 1 atom stereocenters. The molecule has 0 unspecified atom stereocenters. The number of anilines is 1. The van der Waals surface area contributed by atoms with Gasteiger partial charge in [-0.25, -0.2) is 9.97 Å². The van der Waals surface area contributed by atoms with E-state index in [9.17, 15) is 9.59 Å². The van der Waals surface area contributed by atoms with E-state index in [1.165, 1.54) is 11.3 Å². The van der Waals surface area contributed by atoms with E-state index in [1.54, 1.807) is 11.3 Å². The zero-order valence-corrected chi connectivity index (χ0v) is 18.6. The van der Waals surface area contributed by atoms with Crippen molar-refractivity contribution in [3.05, 3.63) is 63.3 Å². The molecule has 7 nitrogen and oxygen atoms in total. The summed E-state index contributed by atoms with van der Waals surface area (Å²) in [5.41, 5.74) is 1.14. The third-order valence-corrected chi connectivity index (χ3v) is 7.34. The molecule has 31 heavy (non-hydrogen) atoms. The number of carbonyl (C=O) groups excluding carboxylic acids is 1. The van der Waals surface area contributed by atoms with Crippen LogP contribution in [-0.4, -0.2) is 33.4 Å². The van der Waals surface area contributed by atoms with Gasteiger partial charge in [0.25, 0.3) is 5.56 Å². The van der Waals surface area contributed by atoms with Crippen LogP contribution in [0.4, 0.5) is 5.13 Å². The molecule has 9 heteroatoms. The van der Waals surface area contributed by atoms with E-state index in [4.69, 9.17) is 0 Å². The summed E-state index contributed by atoms with van der Waals surface area (Å²) in [6, 6.07) is 13.5. The van der Waals surface area contributed by atoms with Crippen LogP contribution in [0.1, 0.15) is 23.3 Å². The lowest BCUT2D eigenvalue weighted by Crippen LogP contribution is -2.43. The van der Waals surface area contributed by atoms with E-state index in [-0.39, 0.29) is 17.5 Å². The van der Waals surface area contributed by atoms with Crippen LogP contribution >= 0.6 is 22.7 Å². The van der Waals surface area contributed by atoms with Crippen LogP contribution in [0.15, 0.2) is 47.3 Å². The first-order valence-electron chi connectivity index (χ1n) is 10.1. The normalized spacial score (nSPS) is 16.2. The molecular weight excluding hydrogens is 430 g/mol. The molecule has 3 aromatic heterocycles. The lowest BCUT2D eigenvalue weighted by Gasteiger charge is -2.23. The van der Waals surface area contributed by atoms with E-state index in [0.717, 1.165) is 34.7 Å².